The van der Waals surface area contributed by atoms with Crippen molar-refractivity contribution in [1.29, 1.82) is 0 Å². The van der Waals surface area contributed by atoms with E-state index in [-0.39, 0.29) is 0 Å². The lowest BCUT2D eigenvalue weighted by Gasteiger charge is -2.20. The van der Waals surface area contributed by atoms with Crippen LogP contribution in [0, 0.1) is 0 Å². The molecule has 0 radical (unpaired) electrons. The van der Waals surface area contributed by atoms with E-state index in [9.17, 15) is 0 Å². The molecule has 2 N–H and O–H groups in total. The molecule has 1 aromatic heterocycles. The minimum Gasteiger partial charge on any atom is -0.381 e. The highest BCUT2D eigenvalue weighted by atomic mass is 16.5. The molecular formula is C15H19N3O2. The Balaban J connectivity index is 1.85. The summed E-state index contributed by atoms with van der Waals surface area (Å²) in [6.45, 7) is 3.41. The van der Waals surface area contributed by atoms with Crippen LogP contribution in [-0.4, -0.2) is 23.4 Å². The standard InChI is InChI=1S/C15H19N3O2/c1-15(16,12-5-3-2-4-6-12)14-17-13(18-20-14)11-7-9-19-10-8-11/h2-6,11H,7-10,16H2,1H3. The van der Waals surface area contributed by atoms with Gasteiger partial charge in [-0.05, 0) is 25.3 Å². The van der Waals surface area contributed by atoms with E-state index in [0.29, 0.717) is 11.8 Å². The van der Waals surface area contributed by atoms with Crippen LogP contribution in [0.15, 0.2) is 34.9 Å². The highest BCUT2D eigenvalue weighted by Crippen LogP contribution is 2.29. The molecule has 5 heteroatoms. The Morgan fingerprint density at radius 1 is 1.20 bits per heavy atom. The molecule has 106 valence electrons. The zero-order valence-corrected chi connectivity index (χ0v) is 11.6. The van der Waals surface area contributed by atoms with Crippen molar-refractivity contribution in [2.45, 2.75) is 31.2 Å². The normalized spacial score (nSPS) is 19.7. The molecule has 2 aromatic rings. The average molecular weight is 273 g/mol. The second-order valence-corrected chi connectivity index (χ2v) is 5.41. The number of benzene rings is 1. The van der Waals surface area contributed by atoms with Gasteiger partial charge in [0.25, 0.3) is 5.89 Å². The average Bonchev–Trinajstić information content (AvgIpc) is 3.00. The minimum absolute atomic E-state index is 0.313. The summed E-state index contributed by atoms with van der Waals surface area (Å²) in [7, 11) is 0. The molecule has 0 bridgehead atoms. The van der Waals surface area contributed by atoms with Crippen LogP contribution >= 0.6 is 0 Å². The summed E-state index contributed by atoms with van der Waals surface area (Å²) in [5.74, 6) is 1.52. The molecule has 0 saturated carbocycles. The first-order chi connectivity index (χ1) is 9.68. The third-order valence-electron chi connectivity index (χ3n) is 3.85. The topological polar surface area (TPSA) is 74.2 Å². The molecule has 1 aromatic carbocycles. The Morgan fingerprint density at radius 2 is 1.90 bits per heavy atom. The van der Waals surface area contributed by atoms with E-state index in [0.717, 1.165) is 37.4 Å². The number of nitrogens with zero attached hydrogens (tertiary/aromatic N) is 2. The van der Waals surface area contributed by atoms with Gasteiger partial charge in [0.15, 0.2) is 5.82 Å². The monoisotopic (exact) mass is 273 g/mol. The van der Waals surface area contributed by atoms with Crippen LogP contribution in [-0.2, 0) is 10.3 Å². The Kier molecular flexibility index (Phi) is 3.54. The minimum atomic E-state index is -0.766. The lowest BCUT2D eigenvalue weighted by Crippen LogP contribution is -2.34. The van der Waals surface area contributed by atoms with Crippen LogP contribution in [0.3, 0.4) is 0 Å². The predicted molar refractivity (Wildman–Crippen MR) is 74.2 cm³/mol. The number of hydrogen-bond acceptors (Lipinski definition) is 5. The highest BCUT2D eigenvalue weighted by molar-refractivity contribution is 5.29. The van der Waals surface area contributed by atoms with Gasteiger partial charge in [-0.25, -0.2) is 0 Å². The fourth-order valence-corrected chi connectivity index (χ4v) is 2.48. The van der Waals surface area contributed by atoms with Gasteiger partial charge in [-0.3, -0.25) is 0 Å². The van der Waals surface area contributed by atoms with Gasteiger partial charge in [-0.2, -0.15) is 4.98 Å². The SMILES string of the molecule is CC(N)(c1ccccc1)c1nc(C2CCOCC2)no1. The largest absolute Gasteiger partial charge is 0.381 e. The van der Waals surface area contributed by atoms with Gasteiger partial charge in [-0.15, -0.1) is 0 Å². The van der Waals surface area contributed by atoms with E-state index in [1.165, 1.54) is 0 Å². The van der Waals surface area contributed by atoms with Crippen molar-refractivity contribution in [3.63, 3.8) is 0 Å². The van der Waals surface area contributed by atoms with E-state index >= 15 is 0 Å². The first kappa shape index (κ1) is 13.3. The van der Waals surface area contributed by atoms with Gasteiger partial charge in [0.2, 0.25) is 0 Å². The van der Waals surface area contributed by atoms with E-state index < -0.39 is 5.54 Å². The van der Waals surface area contributed by atoms with Crippen LogP contribution in [0.25, 0.3) is 0 Å². The number of hydrogen-bond donors (Lipinski definition) is 1. The fraction of sp³-hybridized carbons (Fsp3) is 0.467. The molecule has 3 rings (SSSR count). The fourth-order valence-electron chi connectivity index (χ4n) is 2.48. The Morgan fingerprint density at radius 3 is 2.60 bits per heavy atom. The molecule has 1 atom stereocenters. The maximum Gasteiger partial charge on any atom is 0.251 e. The van der Waals surface area contributed by atoms with E-state index in [1.807, 2.05) is 37.3 Å². The Hall–Kier alpha value is -1.72. The molecule has 2 heterocycles. The lowest BCUT2D eigenvalue weighted by atomic mass is 9.93. The molecule has 0 amide bonds. The maximum atomic E-state index is 6.38. The van der Waals surface area contributed by atoms with Crippen LogP contribution in [0.2, 0.25) is 0 Å². The van der Waals surface area contributed by atoms with E-state index in [4.69, 9.17) is 15.0 Å². The quantitative estimate of drug-likeness (QED) is 0.927. The van der Waals surface area contributed by atoms with Crippen molar-refractivity contribution in [1.82, 2.24) is 10.1 Å². The number of nitrogens with two attached hydrogens (primary N) is 1. The molecule has 1 saturated heterocycles. The predicted octanol–water partition coefficient (Wildman–Crippen LogP) is 2.19. The van der Waals surface area contributed by atoms with Crippen molar-refractivity contribution >= 4 is 0 Å². The van der Waals surface area contributed by atoms with Crippen LogP contribution in [0.5, 0.6) is 0 Å². The molecule has 1 unspecified atom stereocenters. The zero-order chi connectivity index (χ0) is 14.0. The Bertz CT molecular complexity index is 560. The van der Waals surface area contributed by atoms with Crippen molar-refractivity contribution in [2.24, 2.45) is 5.73 Å². The van der Waals surface area contributed by atoms with Gasteiger partial charge in [-0.1, -0.05) is 35.5 Å². The molecule has 5 nitrogen and oxygen atoms in total. The van der Waals surface area contributed by atoms with Crippen molar-refractivity contribution in [3.05, 3.63) is 47.6 Å². The van der Waals surface area contributed by atoms with Crippen LogP contribution < -0.4 is 5.73 Å². The maximum absolute atomic E-state index is 6.38. The number of ether oxygens (including phenoxy) is 1. The summed E-state index contributed by atoms with van der Waals surface area (Å²) < 4.78 is 10.8. The van der Waals surface area contributed by atoms with Crippen molar-refractivity contribution in [3.8, 4) is 0 Å². The summed E-state index contributed by atoms with van der Waals surface area (Å²) >= 11 is 0. The van der Waals surface area contributed by atoms with Crippen LogP contribution in [0.1, 0.15) is 43.0 Å². The molecule has 0 spiro atoms. The first-order valence-electron chi connectivity index (χ1n) is 6.94. The van der Waals surface area contributed by atoms with Gasteiger partial charge < -0.3 is 15.0 Å². The number of aromatic nitrogens is 2. The summed E-state index contributed by atoms with van der Waals surface area (Å²) in [6.07, 6.45) is 1.87. The summed E-state index contributed by atoms with van der Waals surface area (Å²) in [5.41, 5.74) is 6.58. The van der Waals surface area contributed by atoms with E-state index in [1.54, 1.807) is 0 Å². The zero-order valence-electron chi connectivity index (χ0n) is 11.6. The highest BCUT2D eigenvalue weighted by Gasteiger charge is 2.32. The van der Waals surface area contributed by atoms with Gasteiger partial charge in [0.1, 0.15) is 5.54 Å². The third-order valence-corrected chi connectivity index (χ3v) is 3.85. The molecule has 1 aliphatic heterocycles. The molecule has 1 fully saturated rings. The van der Waals surface area contributed by atoms with Gasteiger partial charge >= 0.3 is 0 Å². The summed E-state index contributed by atoms with van der Waals surface area (Å²) in [4.78, 5) is 4.52. The smallest absolute Gasteiger partial charge is 0.251 e. The van der Waals surface area contributed by atoms with Gasteiger partial charge in [0, 0.05) is 19.1 Å². The van der Waals surface area contributed by atoms with Crippen LogP contribution in [0.4, 0.5) is 0 Å². The van der Waals surface area contributed by atoms with Crippen molar-refractivity contribution in [2.75, 3.05) is 13.2 Å². The Labute approximate surface area is 118 Å². The molecule has 0 aliphatic carbocycles. The van der Waals surface area contributed by atoms with Gasteiger partial charge in [0.05, 0.1) is 0 Å². The third kappa shape index (κ3) is 2.46. The van der Waals surface area contributed by atoms with E-state index in [2.05, 4.69) is 10.1 Å². The second kappa shape index (κ2) is 5.34. The molecular weight excluding hydrogens is 254 g/mol. The first-order valence-corrected chi connectivity index (χ1v) is 6.94. The summed E-state index contributed by atoms with van der Waals surface area (Å²) in [5, 5.41) is 4.11. The molecule has 20 heavy (non-hydrogen) atoms. The number of rotatable bonds is 3. The summed E-state index contributed by atoms with van der Waals surface area (Å²) in [6, 6.07) is 9.81. The molecule has 1 aliphatic rings. The lowest BCUT2D eigenvalue weighted by molar-refractivity contribution is 0.0830. The second-order valence-electron chi connectivity index (χ2n) is 5.41. The van der Waals surface area contributed by atoms with Crippen molar-refractivity contribution < 1.29 is 9.26 Å².